The van der Waals surface area contributed by atoms with Gasteiger partial charge in [0.15, 0.2) is 17.6 Å². The van der Waals surface area contributed by atoms with Gasteiger partial charge in [-0.05, 0) is 64.8 Å². The van der Waals surface area contributed by atoms with Crippen LogP contribution in [0.4, 0.5) is 0 Å². The Balaban J connectivity index is 1.61. The number of nitrogens with zero attached hydrogens (tertiary/aromatic N) is 1. The molecule has 2 saturated heterocycles. The lowest BCUT2D eigenvalue weighted by Gasteiger charge is -2.66. The fourth-order valence-electron chi connectivity index (χ4n) is 7.37. The average molecular weight is 402 g/mol. The number of aliphatic hydroxyl groups is 1. The van der Waals surface area contributed by atoms with Crippen LogP contribution in [0.1, 0.15) is 50.7 Å². The summed E-state index contributed by atoms with van der Waals surface area (Å²) in [5, 5.41) is 12.3. The van der Waals surface area contributed by atoms with Crippen LogP contribution < -0.4 is 9.47 Å². The summed E-state index contributed by atoms with van der Waals surface area (Å²) in [6, 6.07) is 4.24. The van der Waals surface area contributed by atoms with Crippen molar-refractivity contribution in [1.82, 2.24) is 4.90 Å². The molecule has 0 radical (unpaired) electrons. The van der Waals surface area contributed by atoms with Gasteiger partial charge in [0.25, 0.3) is 0 Å². The van der Waals surface area contributed by atoms with Gasteiger partial charge < -0.3 is 29.0 Å². The standard InChI is InChI=1S/C23H31NO5/c1-13-11-14(2)29-23(28-13)8-7-22(25)17-12-15-5-6-16(26-4)19-18(15)21(22,20(23)27-19)9-10-24(17)3/h5-6,13-14,17,20,25H,7-12H2,1-4H3/t13-,14-,17?,20-,21+,22?/m1/s1. The summed E-state index contributed by atoms with van der Waals surface area (Å²) in [5.74, 6) is 0.692. The van der Waals surface area contributed by atoms with Gasteiger partial charge >= 0.3 is 0 Å². The molecular weight excluding hydrogens is 370 g/mol. The maximum Gasteiger partial charge on any atom is 0.207 e. The second-order valence-corrected chi connectivity index (χ2v) is 9.88. The molecule has 2 bridgehead atoms. The van der Waals surface area contributed by atoms with Gasteiger partial charge in [0.05, 0.1) is 30.3 Å². The number of benzene rings is 1. The van der Waals surface area contributed by atoms with Crippen LogP contribution in [0.5, 0.6) is 11.5 Å². The first-order valence-electron chi connectivity index (χ1n) is 11.0. The highest BCUT2D eigenvalue weighted by Gasteiger charge is 2.77. The largest absolute Gasteiger partial charge is 0.493 e. The van der Waals surface area contributed by atoms with Crippen molar-refractivity contribution in [3.8, 4) is 11.5 Å². The molecule has 0 aromatic heterocycles. The molecule has 3 fully saturated rings. The minimum atomic E-state index is -0.864. The highest BCUT2D eigenvalue weighted by atomic mass is 16.7. The summed E-state index contributed by atoms with van der Waals surface area (Å²) < 4.78 is 25.5. The Morgan fingerprint density at radius 2 is 1.90 bits per heavy atom. The molecule has 1 aromatic rings. The van der Waals surface area contributed by atoms with E-state index < -0.39 is 16.8 Å². The lowest BCUT2D eigenvalue weighted by molar-refractivity contribution is -0.378. The van der Waals surface area contributed by atoms with Crippen molar-refractivity contribution in [2.75, 3.05) is 20.7 Å². The lowest BCUT2D eigenvalue weighted by atomic mass is 9.48. The Morgan fingerprint density at radius 3 is 2.62 bits per heavy atom. The topological polar surface area (TPSA) is 60.4 Å². The third-order valence-electron chi connectivity index (χ3n) is 8.40. The second kappa shape index (κ2) is 5.67. The lowest BCUT2D eigenvalue weighted by Crippen LogP contribution is -2.80. The van der Waals surface area contributed by atoms with E-state index in [1.54, 1.807) is 7.11 Å². The van der Waals surface area contributed by atoms with E-state index in [0.717, 1.165) is 42.9 Å². The minimum absolute atomic E-state index is 0.0741. The molecular formula is C23H31NO5. The van der Waals surface area contributed by atoms with Crippen molar-refractivity contribution in [3.63, 3.8) is 0 Å². The first-order valence-corrected chi connectivity index (χ1v) is 11.0. The van der Waals surface area contributed by atoms with E-state index in [0.29, 0.717) is 12.8 Å². The quantitative estimate of drug-likeness (QED) is 0.780. The van der Waals surface area contributed by atoms with Crippen LogP contribution in [-0.2, 0) is 21.3 Å². The number of hydrogen-bond acceptors (Lipinski definition) is 6. The molecule has 6 rings (SSSR count). The first kappa shape index (κ1) is 18.4. The summed E-state index contributed by atoms with van der Waals surface area (Å²) in [6.45, 7) is 5.15. The highest BCUT2D eigenvalue weighted by molar-refractivity contribution is 5.63. The van der Waals surface area contributed by atoms with Crippen LogP contribution >= 0.6 is 0 Å². The van der Waals surface area contributed by atoms with Crippen LogP contribution in [0, 0.1) is 0 Å². The maximum absolute atomic E-state index is 12.3. The predicted molar refractivity (Wildman–Crippen MR) is 106 cm³/mol. The van der Waals surface area contributed by atoms with Crippen molar-refractivity contribution in [2.24, 2.45) is 0 Å². The van der Waals surface area contributed by atoms with E-state index in [1.807, 2.05) is 6.07 Å². The Bertz CT molecular complexity index is 863. The number of rotatable bonds is 1. The van der Waals surface area contributed by atoms with Crippen LogP contribution in [0.25, 0.3) is 0 Å². The number of fused-ring (bicyclic) bond motifs is 1. The van der Waals surface area contributed by atoms with Gasteiger partial charge in [-0.3, -0.25) is 0 Å². The van der Waals surface area contributed by atoms with Crippen molar-refractivity contribution in [3.05, 3.63) is 23.3 Å². The number of piperidine rings is 1. The number of ether oxygens (including phenoxy) is 4. The molecule has 5 aliphatic rings. The first-order chi connectivity index (χ1) is 13.8. The van der Waals surface area contributed by atoms with E-state index in [9.17, 15) is 5.11 Å². The predicted octanol–water partition coefficient (Wildman–Crippen LogP) is 2.39. The third kappa shape index (κ3) is 2.02. The summed E-state index contributed by atoms with van der Waals surface area (Å²) in [5.41, 5.74) is 1.01. The number of likely N-dealkylation sites (N-methyl/N-ethyl adjacent to an activating group) is 1. The molecule has 2 aliphatic carbocycles. The van der Waals surface area contributed by atoms with Gasteiger partial charge in [-0.15, -0.1) is 0 Å². The Hall–Kier alpha value is -1.34. The van der Waals surface area contributed by atoms with Crippen molar-refractivity contribution in [2.45, 2.75) is 87.1 Å². The smallest absolute Gasteiger partial charge is 0.207 e. The fraction of sp³-hybridized carbons (Fsp3) is 0.739. The number of hydrogen-bond donors (Lipinski definition) is 1. The minimum Gasteiger partial charge on any atom is -0.493 e. The number of likely N-dealkylation sites (tertiary alicyclic amines) is 1. The molecule has 1 N–H and O–H groups in total. The van der Waals surface area contributed by atoms with E-state index in [2.05, 4.69) is 31.9 Å². The van der Waals surface area contributed by atoms with Gasteiger partial charge in [-0.2, -0.15) is 0 Å². The van der Waals surface area contributed by atoms with Gasteiger partial charge in [0, 0.05) is 18.0 Å². The molecule has 0 amide bonds. The fourth-order valence-corrected chi connectivity index (χ4v) is 7.37. The van der Waals surface area contributed by atoms with Crippen LogP contribution in [-0.4, -0.2) is 66.5 Å². The summed E-state index contributed by atoms with van der Waals surface area (Å²) in [4.78, 5) is 2.33. The monoisotopic (exact) mass is 401 g/mol. The molecule has 2 unspecified atom stereocenters. The van der Waals surface area contributed by atoms with Crippen molar-refractivity contribution in [1.29, 1.82) is 0 Å². The Labute approximate surface area is 172 Å². The molecule has 1 aromatic carbocycles. The van der Waals surface area contributed by atoms with Crippen molar-refractivity contribution < 1.29 is 24.1 Å². The van der Waals surface area contributed by atoms with Crippen molar-refractivity contribution >= 4 is 0 Å². The van der Waals surface area contributed by atoms with Crippen LogP contribution in [0.3, 0.4) is 0 Å². The van der Waals surface area contributed by atoms with Crippen LogP contribution in [0.15, 0.2) is 12.1 Å². The van der Waals surface area contributed by atoms with Gasteiger partial charge in [-0.25, -0.2) is 0 Å². The molecule has 1 saturated carbocycles. The van der Waals surface area contributed by atoms with Crippen LogP contribution in [0.2, 0.25) is 0 Å². The molecule has 158 valence electrons. The molecule has 6 nitrogen and oxygen atoms in total. The second-order valence-electron chi connectivity index (χ2n) is 9.88. The molecule has 3 heterocycles. The summed E-state index contributed by atoms with van der Waals surface area (Å²) in [6.07, 6.45) is 3.64. The molecule has 6 atom stereocenters. The van der Waals surface area contributed by atoms with E-state index >= 15 is 0 Å². The van der Waals surface area contributed by atoms with Gasteiger partial charge in [-0.1, -0.05) is 6.07 Å². The van der Waals surface area contributed by atoms with E-state index in [-0.39, 0.29) is 24.4 Å². The average Bonchev–Trinajstić information content (AvgIpc) is 3.03. The highest BCUT2D eigenvalue weighted by Crippen LogP contribution is 2.68. The third-order valence-corrected chi connectivity index (χ3v) is 8.40. The number of methoxy groups -OCH3 is 1. The Kier molecular flexibility index (Phi) is 3.60. The maximum atomic E-state index is 12.3. The van der Waals surface area contributed by atoms with E-state index in [1.165, 1.54) is 5.56 Å². The summed E-state index contributed by atoms with van der Waals surface area (Å²) >= 11 is 0. The zero-order valence-corrected chi connectivity index (χ0v) is 17.7. The van der Waals surface area contributed by atoms with Gasteiger partial charge in [0.1, 0.15) is 0 Å². The van der Waals surface area contributed by atoms with E-state index in [4.69, 9.17) is 18.9 Å². The zero-order valence-electron chi connectivity index (χ0n) is 17.7. The Morgan fingerprint density at radius 1 is 1.14 bits per heavy atom. The summed E-state index contributed by atoms with van der Waals surface area (Å²) in [7, 11) is 3.82. The molecule has 3 aliphatic heterocycles. The SMILES string of the molecule is COc1ccc2c3c1O[C@H]1C4(CCC5(O)C(C2)N(C)CC[C@]315)O[C@H](C)C[C@@H](C)O4. The van der Waals surface area contributed by atoms with Gasteiger partial charge in [0.2, 0.25) is 5.79 Å². The normalized spacial score (nSPS) is 47.6. The molecule has 29 heavy (non-hydrogen) atoms. The zero-order chi connectivity index (χ0) is 20.2. The molecule has 6 heteroatoms. The molecule has 2 spiro atoms.